The van der Waals surface area contributed by atoms with Crippen LogP contribution in [0.3, 0.4) is 0 Å². The van der Waals surface area contributed by atoms with Gasteiger partial charge in [-0.25, -0.2) is 4.98 Å². The molecule has 2 heterocycles. The van der Waals surface area contributed by atoms with Crippen LogP contribution < -0.4 is 5.32 Å². The first-order valence-electron chi connectivity index (χ1n) is 7.68. The van der Waals surface area contributed by atoms with E-state index < -0.39 is 0 Å². The van der Waals surface area contributed by atoms with E-state index in [-0.39, 0.29) is 5.41 Å². The Morgan fingerprint density at radius 1 is 1.45 bits per heavy atom. The van der Waals surface area contributed by atoms with E-state index in [1.807, 2.05) is 11.3 Å². The van der Waals surface area contributed by atoms with Crippen LogP contribution in [0.15, 0.2) is 0 Å². The van der Waals surface area contributed by atoms with Gasteiger partial charge >= 0.3 is 0 Å². The Morgan fingerprint density at radius 2 is 2.20 bits per heavy atom. The first kappa shape index (κ1) is 15.9. The number of aromatic nitrogens is 1. The highest BCUT2D eigenvalue weighted by molar-refractivity contribution is 7.11. The van der Waals surface area contributed by atoms with Crippen molar-refractivity contribution in [2.24, 2.45) is 11.3 Å². The third kappa shape index (κ3) is 3.60. The van der Waals surface area contributed by atoms with Crippen molar-refractivity contribution >= 4 is 11.3 Å². The average Bonchev–Trinajstić information content (AvgIpc) is 2.84. The van der Waals surface area contributed by atoms with Crippen molar-refractivity contribution < 1.29 is 4.74 Å². The lowest BCUT2D eigenvalue weighted by Gasteiger charge is -2.32. The topological polar surface area (TPSA) is 34.2 Å². The van der Waals surface area contributed by atoms with Crippen LogP contribution >= 0.6 is 11.3 Å². The molecule has 1 fully saturated rings. The Morgan fingerprint density at radius 3 is 2.70 bits per heavy atom. The lowest BCUT2D eigenvalue weighted by atomic mass is 9.78. The largest absolute Gasteiger partial charge is 0.378 e. The zero-order valence-electron chi connectivity index (χ0n) is 13.5. The fourth-order valence-electron chi connectivity index (χ4n) is 2.87. The molecule has 1 aromatic rings. The summed E-state index contributed by atoms with van der Waals surface area (Å²) in [5, 5.41) is 4.90. The lowest BCUT2D eigenvalue weighted by molar-refractivity contribution is 0.0626. The highest BCUT2D eigenvalue weighted by Crippen LogP contribution is 2.38. The Hall–Kier alpha value is -0.450. The molecule has 2 atom stereocenters. The van der Waals surface area contributed by atoms with Gasteiger partial charge in [-0.15, -0.1) is 11.3 Å². The molecule has 0 amide bonds. The van der Waals surface area contributed by atoms with Crippen LogP contribution in [0.1, 0.15) is 42.8 Å². The highest BCUT2D eigenvalue weighted by Gasteiger charge is 2.42. The molecule has 0 bridgehead atoms. The molecule has 1 aromatic heterocycles. The van der Waals surface area contributed by atoms with Crippen LogP contribution in [0, 0.1) is 25.2 Å². The summed E-state index contributed by atoms with van der Waals surface area (Å²) in [7, 11) is 0. The lowest BCUT2D eigenvalue weighted by Crippen LogP contribution is -2.42. The zero-order chi connectivity index (χ0) is 14.8. The van der Waals surface area contributed by atoms with Gasteiger partial charge in [-0.05, 0) is 39.7 Å². The van der Waals surface area contributed by atoms with Gasteiger partial charge in [0.1, 0.15) is 0 Å². The van der Waals surface area contributed by atoms with E-state index in [2.05, 4.69) is 39.9 Å². The monoisotopic (exact) mass is 296 g/mol. The van der Waals surface area contributed by atoms with Crippen LogP contribution in [-0.4, -0.2) is 30.8 Å². The summed E-state index contributed by atoms with van der Waals surface area (Å²) in [6.45, 7) is 14.0. The maximum absolute atomic E-state index is 5.87. The molecule has 1 N–H and O–H groups in total. The summed E-state index contributed by atoms with van der Waals surface area (Å²) in [5.74, 6) is 0.689. The predicted molar refractivity (Wildman–Crippen MR) is 85.5 cm³/mol. The molecule has 0 radical (unpaired) electrons. The van der Waals surface area contributed by atoms with Gasteiger partial charge in [-0.1, -0.05) is 13.8 Å². The Balaban J connectivity index is 2.07. The molecule has 0 aliphatic carbocycles. The molecule has 4 heteroatoms. The van der Waals surface area contributed by atoms with Crippen molar-refractivity contribution in [2.45, 2.75) is 53.6 Å². The van der Waals surface area contributed by atoms with E-state index in [1.165, 1.54) is 15.6 Å². The van der Waals surface area contributed by atoms with Crippen molar-refractivity contribution in [1.82, 2.24) is 10.3 Å². The van der Waals surface area contributed by atoms with Crippen LogP contribution in [0.5, 0.6) is 0 Å². The van der Waals surface area contributed by atoms with Gasteiger partial charge in [0.15, 0.2) is 0 Å². The van der Waals surface area contributed by atoms with E-state index in [0.717, 1.165) is 32.5 Å². The van der Waals surface area contributed by atoms with Gasteiger partial charge < -0.3 is 10.1 Å². The minimum atomic E-state index is 0.214. The summed E-state index contributed by atoms with van der Waals surface area (Å²) in [6, 6.07) is 0. The highest BCUT2D eigenvalue weighted by atomic mass is 32.1. The maximum Gasteiger partial charge on any atom is 0.0937 e. The van der Waals surface area contributed by atoms with Crippen LogP contribution in [-0.2, 0) is 11.2 Å². The van der Waals surface area contributed by atoms with Crippen LogP contribution in [0.4, 0.5) is 0 Å². The normalized spacial score (nSPS) is 26.6. The van der Waals surface area contributed by atoms with Crippen molar-refractivity contribution in [1.29, 1.82) is 0 Å². The molecule has 0 aromatic carbocycles. The van der Waals surface area contributed by atoms with Crippen LogP contribution in [0.25, 0.3) is 0 Å². The predicted octanol–water partition coefficient (Wildman–Crippen LogP) is 3.34. The second-order valence-corrected chi connectivity index (χ2v) is 7.86. The van der Waals surface area contributed by atoms with Gasteiger partial charge in [0.05, 0.1) is 16.8 Å². The molecule has 3 nitrogen and oxygen atoms in total. The SMILES string of the molecule is Cc1nc(CC2(CNCC(C)C)CCOC2C)sc1C. The van der Waals surface area contributed by atoms with Gasteiger partial charge in [0, 0.05) is 29.9 Å². The Bertz CT molecular complexity index is 424. The third-order valence-corrected chi connectivity index (χ3v) is 5.51. The van der Waals surface area contributed by atoms with E-state index in [1.54, 1.807) is 0 Å². The fraction of sp³-hybridized carbons (Fsp3) is 0.812. The Kier molecular flexibility index (Phi) is 5.21. The molecule has 1 aliphatic rings. The van der Waals surface area contributed by atoms with Crippen molar-refractivity contribution in [3.8, 4) is 0 Å². The molecular formula is C16H28N2OS. The number of hydrogen-bond acceptors (Lipinski definition) is 4. The number of thiazole rings is 1. The maximum atomic E-state index is 5.87. The molecule has 20 heavy (non-hydrogen) atoms. The molecule has 2 unspecified atom stereocenters. The molecule has 1 saturated heterocycles. The standard InChI is InChI=1S/C16H28N2OS/c1-11(2)9-17-10-16(6-7-19-14(16)5)8-15-18-12(3)13(4)20-15/h11,14,17H,6-10H2,1-5H3. The molecule has 114 valence electrons. The number of rotatable bonds is 6. The first-order chi connectivity index (χ1) is 9.43. The fourth-order valence-corrected chi connectivity index (χ4v) is 3.96. The molecule has 1 aliphatic heterocycles. The average molecular weight is 296 g/mol. The van der Waals surface area contributed by atoms with Gasteiger partial charge in [0.25, 0.3) is 0 Å². The second kappa shape index (κ2) is 6.54. The van der Waals surface area contributed by atoms with E-state index in [9.17, 15) is 0 Å². The summed E-state index contributed by atoms with van der Waals surface area (Å²) >= 11 is 1.85. The number of nitrogens with one attached hydrogen (secondary N) is 1. The summed E-state index contributed by atoms with van der Waals surface area (Å²) < 4.78 is 5.87. The summed E-state index contributed by atoms with van der Waals surface area (Å²) in [6.07, 6.45) is 2.49. The quantitative estimate of drug-likeness (QED) is 0.874. The van der Waals surface area contributed by atoms with Crippen LogP contribution in [0.2, 0.25) is 0 Å². The van der Waals surface area contributed by atoms with Gasteiger partial charge in [0.2, 0.25) is 0 Å². The minimum absolute atomic E-state index is 0.214. The van der Waals surface area contributed by atoms with Crippen molar-refractivity contribution in [3.63, 3.8) is 0 Å². The second-order valence-electron chi connectivity index (χ2n) is 6.58. The Labute approximate surface area is 127 Å². The molecule has 0 spiro atoms. The smallest absolute Gasteiger partial charge is 0.0937 e. The van der Waals surface area contributed by atoms with Gasteiger partial charge in [-0.2, -0.15) is 0 Å². The first-order valence-corrected chi connectivity index (χ1v) is 8.50. The number of nitrogens with zero attached hydrogens (tertiary/aromatic N) is 1. The summed E-state index contributed by atoms with van der Waals surface area (Å²) in [5.41, 5.74) is 1.40. The minimum Gasteiger partial charge on any atom is -0.378 e. The zero-order valence-corrected chi connectivity index (χ0v) is 14.3. The molecule has 2 rings (SSSR count). The summed E-state index contributed by atoms with van der Waals surface area (Å²) in [4.78, 5) is 6.08. The number of hydrogen-bond donors (Lipinski definition) is 1. The van der Waals surface area contributed by atoms with Crippen molar-refractivity contribution in [3.05, 3.63) is 15.6 Å². The molecular weight excluding hydrogens is 268 g/mol. The number of ether oxygens (including phenoxy) is 1. The third-order valence-electron chi connectivity index (χ3n) is 4.44. The van der Waals surface area contributed by atoms with E-state index in [4.69, 9.17) is 9.72 Å². The molecule has 0 saturated carbocycles. The van der Waals surface area contributed by atoms with Crippen molar-refractivity contribution in [2.75, 3.05) is 19.7 Å². The van der Waals surface area contributed by atoms with Gasteiger partial charge in [-0.3, -0.25) is 0 Å². The van der Waals surface area contributed by atoms with E-state index in [0.29, 0.717) is 12.0 Å². The van der Waals surface area contributed by atoms with E-state index >= 15 is 0 Å². The number of aryl methyl sites for hydroxylation is 2.